The van der Waals surface area contributed by atoms with Crippen LogP contribution in [0.3, 0.4) is 0 Å². The fourth-order valence-electron chi connectivity index (χ4n) is 21.4. The van der Waals surface area contributed by atoms with Gasteiger partial charge in [-0.3, -0.25) is 9.59 Å². The van der Waals surface area contributed by atoms with Crippen molar-refractivity contribution in [2.24, 2.45) is 68.5 Å². The lowest BCUT2D eigenvalue weighted by Crippen LogP contribution is -2.69. The minimum Gasteiger partial charge on any atom is -0.467 e. The molecule has 12 rings (SSSR count). The molecule has 35 unspecified atom stereocenters. The third-order valence-corrected chi connectivity index (χ3v) is 27.4. The molecule has 18 N–H and O–H groups in total. The fourth-order valence-corrected chi connectivity index (χ4v) is 21.4. The molecule has 0 spiro atoms. The quantitative estimate of drug-likeness (QED) is 0.0168. The van der Waals surface area contributed by atoms with E-state index in [0.29, 0.717) is 32.1 Å². The highest BCUT2D eigenvalue weighted by molar-refractivity contribution is 5.66. The maximum Gasteiger partial charge on any atom is 0.303 e. The minimum absolute atomic E-state index is 0.0292. The van der Waals surface area contributed by atoms with Gasteiger partial charge < -0.3 is 168 Å². The topological polar surface area (TPSA) is 554 Å². The first-order chi connectivity index (χ1) is 51.7. The molecule has 12 aliphatic rings. The van der Waals surface area contributed by atoms with E-state index in [1.807, 2.05) is 0 Å². The fraction of sp³-hybridized carbons (Fsp3) is 0.905. The zero-order chi connectivity index (χ0) is 80.2. The molecule has 5 saturated carbocycles. The SMILES string of the molecule is C=C(OC1OC(C)C(OC(C)=O)C(OC2OC(CO)C(O)C(O)C2O)C1OC1CC(C)C(OC2OCC(O)C(O)C2O)C(O)C1O)[C@@H]1CC(C)(C)C[C@@H]2C1[C@H](O)C[C@]1(C)C2C=C[C@@H]2[C@@]3(C)CC[C@H](OC4OC(OC=O)C(O)C(OC5OCC(O)C(O)C5O)C4OC4OC(CO)C(O)C(O)C4O)[C@@](C)(C=O)[C@@H]3CC[C@]21C. The van der Waals surface area contributed by atoms with Crippen molar-refractivity contribution in [3.8, 4) is 0 Å². The summed E-state index contributed by atoms with van der Waals surface area (Å²) in [6.07, 6.45) is -49.2. The molecule has 6 saturated heterocycles. The van der Waals surface area contributed by atoms with Crippen molar-refractivity contribution >= 4 is 18.7 Å². The molecule has 0 amide bonds. The van der Waals surface area contributed by atoms with Gasteiger partial charge in [0.15, 0.2) is 43.7 Å². The Morgan fingerprint density at radius 2 is 1.06 bits per heavy atom. The number of aliphatic hydroxyl groups excluding tert-OH is 18. The van der Waals surface area contributed by atoms with E-state index in [4.69, 9.17) is 71.1 Å². The van der Waals surface area contributed by atoms with Crippen molar-refractivity contribution in [3.05, 3.63) is 24.5 Å². The maximum atomic E-state index is 14.3. The second kappa shape index (κ2) is 33.2. The van der Waals surface area contributed by atoms with Gasteiger partial charge in [0.1, 0.15) is 128 Å². The monoisotopic (exact) mass is 1580 g/mol. The van der Waals surface area contributed by atoms with Crippen LogP contribution in [0.15, 0.2) is 24.5 Å². The first kappa shape index (κ1) is 86.0. The van der Waals surface area contributed by atoms with Crippen LogP contribution in [0.5, 0.6) is 0 Å². The highest BCUT2D eigenvalue weighted by Gasteiger charge is 2.71. The molecule has 0 aromatic carbocycles. The standard InChI is InChI=1S/C74H116O36/c1-27-17-37(46(85)51(90)57(27)106-63-52(91)44(83)35(81)23-96-63)102-62-60(108-66-54(93)49(88)47(86)38(21-75)103-66)58(101-30(4)79)29(3)100-68(62)99-28(2)31-18-70(5,6)19-32-33-11-12-41-71(7)15-14-42(72(8,25-77)40(71)13-16-73(41,9)74(33,10)20-34(80)43(31)32)105-69-61(109-67-55(94)50(89)48(87)39(22-76)104-67)59(56(95)65(110-69)98-26-78)107-64-53(92)45(84)36(82)24-97-64/h11-12,25-27,29,31-69,75-76,80-95H,2,13-24H2,1,3-10H3/t27?,29?,31-,32-,33?,34+,35?,36?,37?,38?,39?,40+,41+,42-,43?,44?,45?,46?,47?,48?,49?,50?,51?,52?,53?,54?,55?,56?,57?,58?,59?,60?,61?,62?,63?,64?,65?,66?,67?,68?,69?,71-,72-,73+,74+/m0/s1. The lowest BCUT2D eigenvalue weighted by molar-refractivity contribution is -0.410. The molecule has 6 aliphatic carbocycles. The van der Waals surface area contributed by atoms with E-state index in [0.717, 1.165) is 13.2 Å². The predicted octanol–water partition coefficient (Wildman–Crippen LogP) is -5.01. The van der Waals surface area contributed by atoms with Crippen molar-refractivity contribution < 1.29 is 177 Å². The number of fused-ring (bicyclic) bond motifs is 7. The highest BCUT2D eigenvalue weighted by atomic mass is 16.8. The molecule has 0 radical (unpaired) electrons. The van der Waals surface area contributed by atoms with Crippen LogP contribution in [0.1, 0.15) is 114 Å². The van der Waals surface area contributed by atoms with Gasteiger partial charge in [0, 0.05) is 12.8 Å². The molecule has 0 aromatic heterocycles. The average molecular weight is 1580 g/mol. The third-order valence-electron chi connectivity index (χ3n) is 27.4. The lowest BCUT2D eigenvalue weighted by Gasteiger charge is -2.71. The molecule has 628 valence electrons. The van der Waals surface area contributed by atoms with Crippen LogP contribution in [0, 0.1) is 68.5 Å². The number of esters is 1. The zero-order valence-corrected chi connectivity index (χ0v) is 63.1. The summed E-state index contributed by atoms with van der Waals surface area (Å²) in [4.78, 5) is 39.5. The van der Waals surface area contributed by atoms with Gasteiger partial charge in [-0.2, -0.15) is 0 Å². The number of aldehydes is 1. The first-order valence-corrected chi connectivity index (χ1v) is 38.4. The van der Waals surface area contributed by atoms with Gasteiger partial charge in [-0.05, 0) is 115 Å². The van der Waals surface area contributed by atoms with E-state index < -0.39 is 292 Å². The first-order valence-electron chi connectivity index (χ1n) is 38.4. The normalized spacial score (nSPS) is 54.3. The van der Waals surface area contributed by atoms with Gasteiger partial charge in [0.2, 0.25) is 12.6 Å². The molecule has 45 atom stereocenters. The molecule has 0 aromatic rings. The number of hydrogen-bond acceptors (Lipinski definition) is 36. The van der Waals surface area contributed by atoms with Crippen molar-refractivity contribution in [2.45, 2.75) is 323 Å². The van der Waals surface area contributed by atoms with Crippen LogP contribution in [-0.2, 0) is 85.4 Å². The molecular weight excluding hydrogens is 1460 g/mol. The Morgan fingerprint density at radius 1 is 0.509 bits per heavy atom. The molecule has 36 heteroatoms. The summed E-state index contributed by atoms with van der Waals surface area (Å²) in [7, 11) is 0. The number of carbonyl (C=O) groups excluding carboxylic acids is 3. The number of allylic oxidation sites excluding steroid dienone is 3. The predicted molar refractivity (Wildman–Crippen MR) is 364 cm³/mol. The Labute approximate surface area is 635 Å². The average Bonchev–Trinajstić information content (AvgIpc) is 0.675. The van der Waals surface area contributed by atoms with Crippen LogP contribution in [0.2, 0.25) is 0 Å². The molecule has 0 bridgehead atoms. The Balaban J connectivity index is 0.821. The van der Waals surface area contributed by atoms with E-state index >= 15 is 0 Å². The van der Waals surface area contributed by atoms with E-state index in [1.54, 1.807) is 13.8 Å². The Kier molecular flexibility index (Phi) is 26.0. The van der Waals surface area contributed by atoms with Gasteiger partial charge in [-0.25, -0.2) is 0 Å². The molecule has 11 fully saturated rings. The molecular formula is C74H116O36. The number of ether oxygens (including phenoxy) is 15. The Hall–Kier alpha value is -3.31. The van der Waals surface area contributed by atoms with E-state index in [-0.39, 0.29) is 49.2 Å². The Bertz CT molecular complexity index is 3190. The molecule has 110 heavy (non-hydrogen) atoms. The third kappa shape index (κ3) is 15.5. The highest BCUT2D eigenvalue weighted by Crippen LogP contribution is 2.75. The van der Waals surface area contributed by atoms with Crippen LogP contribution in [0.25, 0.3) is 0 Å². The molecule has 36 nitrogen and oxygen atoms in total. The molecule has 6 aliphatic heterocycles. The lowest BCUT2D eigenvalue weighted by atomic mass is 9.33. The minimum atomic E-state index is -2.04. The summed E-state index contributed by atoms with van der Waals surface area (Å²) >= 11 is 0. The second-order valence-corrected chi connectivity index (χ2v) is 34.8. The number of carbonyl (C=O) groups is 3. The number of rotatable bonds is 21. The summed E-state index contributed by atoms with van der Waals surface area (Å²) < 4.78 is 92.1. The number of aliphatic hydroxyl groups is 18. The summed E-state index contributed by atoms with van der Waals surface area (Å²) in [5.41, 5.74) is -3.72. The van der Waals surface area contributed by atoms with Gasteiger partial charge in [0.25, 0.3) is 6.47 Å². The molecule has 6 heterocycles. The van der Waals surface area contributed by atoms with Gasteiger partial charge in [0.05, 0.1) is 68.1 Å². The van der Waals surface area contributed by atoms with Crippen LogP contribution in [0.4, 0.5) is 0 Å². The van der Waals surface area contributed by atoms with Crippen LogP contribution in [-0.4, -0.2) is 346 Å². The van der Waals surface area contributed by atoms with Crippen LogP contribution < -0.4 is 0 Å². The number of hydrogen-bond donors (Lipinski definition) is 18. The van der Waals surface area contributed by atoms with Crippen LogP contribution >= 0.6 is 0 Å². The van der Waals surface area contributed by atoms with E-state index in [9.17, 15) is 106 Å². The van der Waals surface area contributed by atoms with Crippen molar-refractivity contribution in [2.75, 3.05) is 26.4 Å². The summed E-state index contributed by atoms with van der Waals surface area (Å²) in [6.45, 7) is 18.8. The second-order valence-electron chi connectivity index (χ2n) is 34.8. The van der Waals surface area contributed by atoms with E-state index in [2.05, 4.69) is 53.3 Å². The van der Waals surface area contributed by atoms with E-state index in [1.165, 1.54) is 6.92 Å². The van der Waals surface area contributed by atoms with Gasteiger partial charge in [-0.1, -0.05) is 67.2 Å². The largest absolute Gasteiger partial charge is 0.467 e. The smallest absolute Gasteiger partial charge is 0.303 e. The van der Waals surface area contributed by atoms with Gasteiger partial charge in [-0.15, -0.1) is 0 Å². The zero-order valence-electron chi connectivity index (χ0n) is 63.1. The summed E-state index contributed by atoms with van der Waals surface area (Å²) in [6, 6.07) is 0. The van der Waals surface area contributed by atoms with Crippen molar-refractivity contribution in [1.29, 1.82) is 0 Å². The van der Waals surface area contributed by atoms with Crippen molar-refractivity contribution in [3.63, 3.8) is 0 Å². The summed E-state index contributed by atoms with van der Waals surface area (Å²) in [5, 5.41) is 199. The van der Waals surface area contributed by atoms with Crippen molar-refractivity contribution in [1.82, 2.24) is 0 Å². The summed E-state index contributed by atoms with van der Waals surface area (Å²) in [5.74, 6) is -3.68. The maximum absolute atomic E-state index is 14.3. The van der Waals surface area contributed by atoms with Gasteiger partial charge >= 0.3 is 5.97 Å². The Morgan fingerprint density at radius 3 is 1.63 bits per heavy atom.